The number of hydrogen-bond donors (Lipinski definition) is 2. The third kappa shape index (κ3) is 4.20. The van der Waals surface area contributed by atoms with Crippen molar-refractivity contribution in [1.82, 2.24) is 9.88 Å². The summed E-state index contributed by atoms with van der Waals surface area (Å²) in [7, 11) is 2.13. The lowest BCUT2D eigenvalue weighted by Gasteiger charge is -2.26. The summed E-state index contributed by atoms with van der Waals surface area (Å²) in [4.78, 5) is 5.81. The van der Waals surface area contributed by atoms with Crippen LogP contribution in [0.2, 0.25) is 0 Å². The number of fused-ring (bicyclic) bond motifs is 2. The average Bonchev–Trinajstić information content (AvgIpc) is 3.24. The Hall–Kier alpha value is -3.15. The lowest BCUT2D eigenvalue weighted by molar-refractivity contribution is -0.646. The van der Waals surface area contributed by atoms with Crippen molar-refractivity contribution in [2.24, 2.45) is 7.05 Å². The summed E-state index contributed by atoms with van der Waals surface area (Å²) in [6.07, 6.45) is 6.47. The summed E-state index contributed by atoms with van der Waals surface area (Å²) in [5, 5.41) is 6.18. The second-order valence-corrected chi connectivity index (χ2v) is 8.06. The highest BCUT2D eigenvalue weighted by Crippen LogP contribution is 2.24. The Morgan fingerprint density at radius 3 is 2.68 bits per heavy atom. The molecule has 5 heteroatoms. The molecule has 0 atom stereocenters. The number of hydrogen-bond acceptors (Lipinski definition) is 3. The SMILES string of the molecule is C[n+]1c(/C=C/c2c[nH]c3ccccc23)cc(NCCN2CCOCC2)c2ccccc21. The normalized spacial score (nSPS) is 15.3. The van der Waals surface area contributed by atoms with Crippen molar-refractivity contribution in [2.75, 3.05) is 44.7 Å². The van der Waals surface area contributed by atoms with Crippen LogP contribution in [0.4, 0.5) is 5.69 Å². The van der Waals surface area contributed by atoms with E-state index in [-0.39, 0.29) is 0 Å². The maximum Gasteiger partial charge on any atom is 0.214 e. The van der Waals surface area contributed by atoms with E-state index < -0.39 is 0 Å². The molecule has 1 aliphatic heterocycles. The quantitative estimate of drug-likeness (QED) is 0.469. The number of morpholine rings is 1. The van der Waals surface area contributed by atoms with E-state index >= 15 is 0 Å². The van der Waals surface area contributed by atoms with Crippen molar-refractivity contribution in [2.45, 2.75) is 0 Å². The Labute approximate surface area is 183 Å². The second-order valence-electron chi connectivity index (χ2n) is 8.06. The van der Waals surface area contributed by atoms with Crippen LogP contribution >= 0.6 is 0 Å². The maximum atomic E-state index is 5.46. The van der Waals surface area contributed by atoms with Crippen molar-refractivity contribution in [3.8, 4) is 0 Å². The number of nitrogens with zero attached hydrogens (tertiary/aromatic N) is 2. The number of para-hydroxylation sites is 2. The summed E-state index contributed by atoms with van der Waals surface area (Å²) in [5.41, 5.74) is 5.93. The smallest absolute Gasteiger partial charge is 0.214 e. The number of nitrogens with one attached hydrogen (secondary N) is 2. The molecule has 2 aromatic carbocycles. The van der Waals surface area contributed by atoms with Crippen LogP contribution in [0.15, 0.2) is 60.8 Å². The molecule has 0 aliphatic carbocycles. The second kappa shape index (κ2) is 8.92. The maximum absolute atomic E-state index is 5.46. The van der Waals surface area contributed by atoms with Gasteiger partial charge in [-0.2, -0.15) is 4.57 Å². The van der Waals surface area contributed by atoms with Crippen molar-refractivity contribution in [3.63, 3.8) is 0 Å². The van der Waals surface area contributed by atoms with Gasteiger partial charge in [-0.05, 0) is 23.8 Å². The number of H-pyrrole nitrogens is 1. The molecule has 158 valence electrons. The fourth-order valence-corrected chi connectivity index (χ4v) is 4.34. The van der Waals surface area contributed by atoms with Crippen LogP contribution in [0.1, 0.15) is 11.3 Å². The number of rotatable bonds is 6. The van der Waals surface area contributed by atoms with Gasteiger partial charge in [-0.15, -0.1) is 0 Å². The zero-order valence-electron chi connectivity index (χ0n) is 18.0. The minimum Gasteiger partial charge on any atom is -0.383 e. The lowest BCUT2D eigenvalue weighted by atomic mass is 10.1. The first-order chi connectivity index (χ1) is 15.3. The number of benzene rings is 2. The van der Waals surface area contributed by atoms with Gasteiger partial charge in [0.1, 0.15) is 7.05 Å². The first-order valence-corrected chi connectivity index (χ1v) is 11.0. The van der Waals surface area contributed by atoms with E-state index in [1.807, 2.05) is 0 Å². The molecule has 5 rings (SSSR count). The van der Waals surface area contributed by atoms with Gasteiger partial charge in [-0.1, -0.05) is 30.3 Å². The van der Waals surface area contributed by atoms with Crippen molar-refractivity contribution < 1.29 is 9.30 Å². The molecule has 0 spiro atoms. The van der Waals surface area contributed by atoms with Crippen LogP contribution in [0.3, 0.4) is 0 Å². The van der Waals surface area contributed by atoms with Gasteiger partial charge in [0.25, 0.3) is 0 Å². The van der Waals surface area contributed by atoms with Gasteiger partial charge in [0, 0.05) is 61.5 Å². The minimum atomic E-state index is 0.840. The topological polar surface area (TPSA) is 44.2 Å². The monoisotopic (exact) mass is 413 g/mol. The van der Waals surface area contributed by atoms with E-state index in [2.05, 4.69) is 99.8 Å². The third-order valence-electron chi connectivity index (χ3n) is 6.14. The van der Waals surface area contributed by atoms with Crippen molar-refractivity contribution in [1.29, 1.82) is 0 Å². The van der Waals surface area contributed by atoms with Gasteiger partial charge in [-0.25, -0.2) is 0 Å². The largest absolute Gasteiger partial charge is 0.383 e. The fourth-order valence-electron chi connectivity index (χ4n) is 4.34. The molecular formula is C26H29N4O+. The lowest BCUT2D eigenvalue weighted by Crippen LogP contribution is -2.39. The molecule has 1 fully saturated rings. The van der Waals surface area contributed by atoms with Gasteiger partial charge in [0.05, 0.1) is 24.3 Å². The molecule has 0 bridgehead atoms. The van der Waals surface area contributed by atoms with Crippen LogP contribution in [-0.2, 0) is 11.8 Å². The Bertz CT molecular complexity index is 1220. The van der Waals surface area contributed by atoms with Gasteiger partial charge in [-0.3, -0.25) is 4.90 Å². The molecule has 1 aliphatic rings. The highest BCUT2D eigenvalue weighted by Gasteiger charge is 2.15. The molecule has 2 N–H and O–H groups in total. The predicted molar refractivity (Wildman–Crippen MR) is 128 cm³/mol. The van der Waals surface area contributed by atoms with Crippen molar-refractivity contribution in [3.05, 3.63) is 72.1 Å². The number of anilines is 1. The average molecular weight is 414 g/mol. The number of aromatic nitrogens is 2. The Balaban J connectivity index is 1.43. The third-order valence-corrected chi connectivity index (χ3v) is 6.14. The minimum absolute atomic E-state index is 0.840. The van der Waals surface area contributed by atoms with E-state index in [0.29, 0.717) is 0 Å². The molecule has 31 heavy (non-hydrogen) atoms. The number of ether oxygens (including phenoxy) is 1. The Morgan fingerprint density at radius 1 is 1.03 bits per heavy atom. The highest BCUT2D eigenvalue weighted by atomic mass is 16.5. The standard InChI is InChI=1S/C26H28N4O/c1-29-21(11-10-20-19-28-24-8-4-2-6-22(20)24)18-25(23-7-3-5-9-26(23)29)27-12-13-30-14-16-31-17-15-30/h2-11,18-19H,12-17H2,1H3,(H,27,28)/p+1. The van der Waals surface area contributed by atoms with Crippen LogP contribution < -0.4 is 9.88 Å². The number of aromatic amines is 1. The molecular weight excluding hydrogens is 384 g/mol. The summed E-state index contributed by atoms with van der Waals surface area (Å²) in [6.45, 7) is 5.66. The fraction of sp³-hybridized carbons (Fsp3) is 0.269. The highest BCUT2D eigenvalue weighted by molar-refractivity contribution is 5.93. The number of pyridine rings is 1. The van der Waals surface area contributed by atoms with Crippen LogP contribution in [0, 0.1) is 0 Å². The summed E-state index contributed by atoms with van der Waals surface area (Å²) < 4.78 is 7.72. The zero-order chi connectivity index (χ0) is 21.0. The molecule has 0 amide bonds. The van der Waals surface area contributed by atoms with Gasteiger partial charge < -0.3 is 15.0 Å². The van der Waals surface area contributed by atoms with E-state index in [9.17, 15) is 0 Å². The van der Waals surface area contributed by atoms with Crippen molar-refractivity contribution >= 4 is 39.6 Å². The Morgan fingerprint density at radius 2 is 1.81 bits per heavy atom. The number of aryl methyl sites for hydroxylation is 1. The van der Waals surface area contributed by atoms with Crippen LogP contribution in [-0.4, -0.2) is 49.3 Å². The van der Waals surface area contributed by atoms with E-state index in [1.54, 1.807) is 0 Å². The summed E-state index contributed by atoms with van der Waals surface area (Å²) in [5.74, 6) is 0. The van der Waals surface area contributed by atoms with Crippen LogP contribution in [0.25, 0.3) is 34.0 Å². The summed E-state index contributed by atoms with van der Waals surface area (Å²) in [6, 6.07) is 19.3. The molecule has 0 saturated carbocycles. The van der Waals surface area contributed by atoms with Crippen LogP contribution in [0.5, 0.6) is 0 Å². The molecule has 0 unspecified atom stereocenters. The van der Waals surface area contributed by atoms with Gasteiger partial charge >= 0.3 is 0 Å². The Kier molecular flexibility index (Phi) is 5.69. The van der Waals surface area contributed by atoms with E-state index in [4.69, 9.17) is 4.74 Å². The molecule has 0 radical (unpaired) electrons. The van der Waals surface area contributed by atoms with Gasteiger partial charge in [0.15, 0.2) is 0 Å². The van der Waals surface area contributed by atoms with Gasteiger partial charge in [0.2, 0.25) is 11.2 Å². The molecule has 1 saturated heterocycles. The first kappa shape index (κ1) is 19.8. The molecule has 4 aromatic rings. The first-order valence-electron chi connectivity index (χ1n) is 11.0. The van der Waals surface area contributed by atoms with E-state index in [0.717, 1.165) is 50.6 Å². The summed E-state index contributed by atoms with van der Waals surface area (Å²) >= 11 is 0. The predicted octanol–water partition coefficient (Wildman–Crippen LogP) is 4.06. The molecule has 5 nitrogen and oxygen atoms in total. The molecule has 2 aromatic heterocycles. The molecule has 3 heterocycles. The van der Waals surface area contributed by atoms with E-state index in [1.165, 1.54) is 27.5 Å². The zero-order valence-corrected chi connectivity index (χ0v) is 18.0.